The Bertz CT molecular complexity index is 791. The molecule has 2 aliphatic rings. The predicted molar refractivity (Wildman–Crippen MR) is 107 cm³/mol. The lowest BCUT2D eigenvalue weighted by Gasteiger charge is -2.33. The summed E-state index contributed by atoms with van der Waals surface area (Å²) in [6.07, 6.45) is 11.3. The van der Waals surface area contributed by atoms with Crippen LogP contribution in [-0.2, 0) is 19.4 Å². The second kappa shape index (κ2) is 8.58. The van der Waals surface area contributed by atoms with Crippen LogP contribution >= 0.6 is 0 Å². The molecule has 0 aromatic carbocycles. The van der Waals surface area contributed by atoms with Crippen LogP contribution in [0.4, 0.5) is 10.7 Å². The molecule has 1 atom stereocenters. The van der Waals surface area contributed by atoms with Crippen LogP contribution < -0.4 is 10.2 Å². The topological polar surface area (TPSA) is 90.0 Å². The van der Waals surface area contributed by atoms with Crippen molar-refractivity contribution < 1.29 is 4.79 Å². The van der Waals surface area contributed by atoms with Crippen LogP contribution in [0.2, 0.25) is 0 Å². The lowest BCUT2D eigenvalue weighted by Crippen LogP contribution is -2.51. The van der Waals surface area contributed by atoms with Gasteiger partial charge in [0.2, 0.25) is 5.95 Å². The Kier molecular flexibility index (Phi) is 5.73. The van der Waals surface area contributed by atoms with Gasteiger partial charge in [-0.25, -0.2) is 14.8 Å². The van der Waals surface area contributed by atoms with Crippen molar-refractivity contribution in [2.24, 2.45) is 0 Å². The van der Waals surface area contributed by atoms with Crippen LogP contribution in [-0.4, -0.2) is 57.3 Å². The van der Waals surface area contributed by atoms with Crippen LogP contribution in [0.15, 0.2) is 18.5 Å². The van der Waals surface area contributed by atoms with E-state index in [4.69, 9.17) is 0 Å². The molecular formula is C20H29N7O. The Labute approximate surface area is 165 Å². The molecule has 0 radical (unpaired) electrons. The van der Waals surface area contributed by atoms with Gasteiger partial charge < -0.3 is 15.1 Å². The van der Waals surface area contributed by atoms with Crippen LogP contribution in [0.5, 0.6) is 0 Å². The van der Waals surface area contributed by atoms with Crippen LogP contribution in [0.1, 0.15) is 49.1 Å². The molecule has 4 rings (SSSR count). The van der Waals surface area contributed by atoms with Crippen LogP contribution in [0.25, 0.3) is 0 Å². The highest BCUT2D eigenvalue weighted by molar-refractivity contribution is 5.74. The van der Waals surface area contributed by atoms with Crippen molar-refractivity contribution in [1.82, 2.24) is 30.4 Å². The molecule has 0 bridgehead atoms. The highest BCUT2D eigenvalue weighted by atomic mass is 16.2. The number of fused-ring (bicyclic) bond motifs is 1. The van der Waals surface area contributed by atoms with Gasteiger partial charge in [0.25, 0.3) is 0 Å². The Morgan fingerprint density at radius 1 is 1.25 bits per heavy atom. The van der Waals surface area contributed by atoms with E-state index in [2.05, 4.69) is 30.4 Å². The van der Waals surface area contributed by atoms with Gasteiger partial charge in [-0.1, -0.05) is 6.42 Å². The van der Waals surface area contributed by atoms with Gasteiger partial charge in [0, 0.05) is 44.3 Å². The number of carbonyl (C=O) groups excluding carboxylic acids is 1. The third kappa shape index (κ3) is 4.26. The standard InChI is InChI=1S/C20H29N7O/c1-26(14-18-16-8-3-2-4-9-17(16)24-25-18)20(28)23-15-7-5-12-27(13-15)19-21-10-6-11-22-19/h6,10-11,15H,2-5,7-9,12-14H2,1H3,(H,23,28)(H,24,25)/t15-/m0/s1. The largest absolute Gasteiger partial charge is 0.339 e. The van der Waals surface area contributed by atoms with Crippen molar-refractivity contribution >= 4 is 12.0 Å². The number of aromatic amines is 1. The summed E-state index contributed by atoms with van der Waals surface area (Å²) >= 11 is 0. The van der Waals surface area contributed by atoms with Crippen molar-refractivity contribution in [3.05, 3.63) is 35.4 Å². The summed E-state index contributed by atoms with van der Waals surface area (Å²) in [5.74, 6) is 0.731. The normalized spacial score (nSPS) is 19.6. The fourth-order valence-corrected chi connectivity index (χ4v) is 4.17. The summed E-state index contributed by atoms with van der Waals surface area (Å²) in [7, 11) is 1.84. The van der Waals surface area contributed by atoms with E-state index in [1.165, 1.54) is 30.5 Å². The lowest BCUT2D eigenvalue weighted by atomic mass is 10.1. The molecule has 1 aliphatic heterocycles. The van der Waals surface area contributed by atoms with E-state index in [9.17, 15) is 4.79 Å². The average molecular weight is 384 g/mol. The number of carbonyl (C=O) groups is 1. The number of anilines is 1. The smallest absolute Gasteiger partial charge is 0.317 e. The number of hydrogen-bond acceptors (Lipinski definition) is 5. The molecule has 1 fully saturated rings. The van der Waals surface area contributed by atoms with Crippen molar-refractivity contribution in [3.63, 3.8) is 0 Å². The first kappa shape index (κ1) is 18.7. The minimum absolute atomic E-state index is 0.0498. The summed E-state index contributed by atoms with van der Waals surface area (Å²) in [6, 6.07) is 1.87. The minimum atomic E-state index is -0.0498. The molecule has 8 nitrogen and oxygen atoms in total. The number of amides is 2. The molecule has 0 unspecified atom stereocenters. The van der Waals surface area contributed by atoms with Gasteiger partial charge in [0.15, 0.2) is 0 Å². The van der Waals surface area contributed by atoms with E-state index in [1.807, 2.05) is 13.1 Å². The summed E-state index contributed by atoms with van der Waals surface area (Å²) in [5, 5.41) is 10.9. The van der Waals surface area contributed by atoms with E-state index in [-0.39, 0.29) is 12.1 Å². The fraction of sp³-hybridized carbons (Fsp3) is 0.600. The van der Waals surface area contributed by atoms with Crippen molar-refractivity contribution in [1.29, 1.82) is 0 Å². The van der Waals surface area contributed by atoms with E-state index < -0.39 is 0 Å². The number of nitrogens with one attached hydrogen (secondary N) is 2. The lowest BCUT2D eigenvalue weighted by molar-refractivity contribution is 0.200. The minimum Gasteiger partial charge on any atom is -0.339 e. The number of nitrogens with zero attached hydrogens (tertiary/aromatic N) is 5. The zero-order valence-corrected chi connectivity index (χ0v) is 16.5. The first-order valence-corrected chi connectivity index (χ1v) is 10.3. The average Bonchev–Trinajstić information content (AvgIpc) is 2.95. The summed E-state index contributed by atoms with van der Waals surface area (Å²) < 4.78 is 0. The molecule has 8 heteroatoms. The Balaban J connectivity index is 1.34. The van der Waals surface area contributed by atoms with E-state index >= 15 is 0 Å². The molecule has 2 aromatic heterocycles. The van der Waals surface area contributed by atoms with Gasteiger partial charge in [-0.15, -0.1) is 0 Å². The fourth-order valence-electron chi connectivity index (χ4n) is 4.17. The zero-order chi connectivity index (χ0) is 19.3. The van der Waals surface area contributed by atoms with Crippen LogP contribution in [0, 0.1) is 0 Å². The van der Waals surface area contributed by atoms with Gasteiger partial charge >= 0.3 is 6.03 Å². The molecule has 1 aliphatic carbocycles. The second-order valence-corrected chi connectivity index (χ2v) is 7.83. The molecule has 0 saturated carbocycles. The van der Waals surface area contributed by atoms with Crippen molar-refractivity contribution in [2.75, 3.05) is 25.0 Å². The summed E-state index contributed by atoms with van der Waals surface area (Å²) in [5.41, 5.74) is 3.59. The number of rotatable bonds is 4. The van der Waals surface area contributed by atoms with Crippen molar-refractivity contribution in [2.45, 2.75) is 57.5 Å². The number of piperidine rings is 1. The maximum Gasteiger partial charge on any atom is 0.317 e. The van der Waals surface area contributed by atoms with Gasteiger partial charge in [0.05, 0.1) is 12.2 Å². The maximum absolute atomic E-state index is 12.7. The number of H-pyrrole nitrogens is 1. The molecule has 28 heavy (non-hydrogen) atoms. The zero-order valence-electron chi connectivity index (χ0n) is 16.5. The molecule has 150 valence electrons. The van der Waals surface area contributed by atoms with E-state index in [0.29, 0.717) is 6.54 Å². The molecule has 1 saturated heterocycles. The molecule has 2 amide bonds. The summed E-state index contributed by atoms with van der Waals surface area (Å²) in [4.78, 5) is 25.3. The molecule has 0 spiro atoms. The van der Waals surface area contributed by atoms with Gasteiger partial charge in [0.1, 0.15) is 0 Å². The Morgan fingerprint density at radius 2 is 2.07 bits per heavy atom. The Morgan fingerprint density at radius 3 is 2.93 bits per heavy atom. The number of urea groups is 1. The molecule has 3 heterocycles. The molecule has 2 aromatic rings. The summed E-state index contributed by atoms with van der Waals surface area (Å²) in [6.45, 7) is 2.20. The number of hydrogen-bond donors (Lipinski definition) is 2. The van der Waals surface area contributed by atoms with Crippen LogP contribution in [0.3, 0.4) is 0 Å². The highest BCUT2D eigenvalue weighted by Crippen LogP contribution is 2.22. The van der Waals surface area contributed by atoms with E-state index in [1.54, 1.807) is 17.3 Å². The maximum atomic E-state index is 12.7. The first-order valence-electron chi connectivity index (χ1n) is 10.3. The van der Waals surface area contributed by atoms with Gasteiger partial charge in [-0.3, -0.25) is 5.10 Å². The Hall–Kier alpha value is -2.64. The third-order valence-corrected chi connectivity index (χ3v) is 5.71. The first-order chi connectivity index (χ1) is 13.7. The highest BCUT2D eigenvalue weighted by Gasteiger charge is 2.25. The number of aromatic nitrogens is 4. The van der Waals surface area contributed by atoms with Crippen molar-refractivity contribution in [3.8, 4) is 0 Å². The predicted octanol–water partition coefficient (Wildman–Crippen LogP) is 2.28. The van der Waals surface area contributed by atoms with Gasteiger partial charge in [-0.2, -0.15) is 5.10 Å². The van der Waals surface area contributed by atoms with E-state index in [0.717, 1.165) is 50.4 Å². The quantitative estimate of drug-likeness (QED) is 0.791. The monoisotopic (exact) mass is 383 g/mol. The molecular weight excluding hydrogens is 354 g/mol. The van der Waals surface area contributed by atoms with Gasteiger partial charge in [-0.05, 0) is 50.2 Å². The SMILES string of the molecule is CN(Cc1n[nH]c2c1CCCCC2)C(=O)N[C@H]1CCCN(c2ncccn2)C1. The third-order valence-electron chi connectivity index (χ3n) is 5.71. The molecule has 2 N–H and O–H groups in total. The second-order valence-electron chi connectivity index (χ2n) is 7.83. The number of aryl methyl sites for hydroxylation is 1.